The summed E-state index contributed by atoms with van der Waals surface area (Å²) in [7, 11) is 0. The van der Waals surface area contributed by atoms with E-state index in [1.165, 1.54) is 16.9 Å². The van der Waals surface area contributed by atoms with Gasteiger partial charge in [0.05, 0.1) is 12.8 Å². The topological polar surface area (TPSA) is 84.5 Å². The summed E-state index contributed by atoms with van der Waals surface area (Å²) >= 11 is 0. The molecule has 2 aromatic rings. The molecule has 0 saturated heterocycles. The second-order valence-corrected chi connectivity index (χ2v) is 3.68. The molecule has 0 spiro atoms. The molecule has 0 aliphatic rings. The zero-order valence-corrected chi connectivity index (χ0v) is 9.50. The molecule has 0 aromatic carbocycles. The van der Waals surface area contributed by atoms with Crippen molar-refractivity contribution in [2.45, 2.75) is 13.1 Å². The van der Waals surface area contributed by atoms with Gasteiger partial charge in [-0.1, -0.05) is 0 Å². The number of amides is 1. The van der Waals surface area contributed by atoms with E-state index in [9.17, 15) is 9.59 Å². The third-order valence-electron chi connectivity index (χ3n) is 2.40. The molecular formula is C12H12N2O4. The Bertz CT molecular complexity index is 542. The summed E-state index contributed by atoms with van der Waals surface area (Å²) in [5, 5.41) is 11.5. The number of aromatic carboxylic acids is 1. The molecule has 6 heteroatoms. The van der Waals surface area contributed by atoms with Crippen molar-refractivity contribution in [2.24, 2.45) is 0 Å². The van der Waals surface area contributed by atoms with E-state index in [-0.39, 0.29) is 24.7 Å². The number of nitrogens with zero attached hydrogens (tertiary/aromatic N) is 1. The Balaban J connectivity index is 1.91. The lowest BCUT2D eigenvalue weighted by Crippen LogP contribution is -2.27. The highest BCUT2D eigenvalue weighted by molar-refractivity contribution is 5.86. The molecule has 0 bridgehead atoms. The van der Waals surface area contributed by atoms with E-state index in [0.29, 0.717) is 5.76 Å². The predicted octanol–water partition coefficient (Wildman–Crippen LogP) is 1.10. The van der Waals surface area contributed by atoms with Crippen LogP contribution < -0.4 is 5.32 Å². The molecule has 18 heavy (non-hydrogen) atoms. The molecule has 2 heterocycles. The fourth-order valence-electron chi connectivity index (χ4n) is 1.56. The van der Waals surface area contributed by atoms with Crippen molar-refractivity contribution >= 4 is 11.9 Å². The minimum atomic E-state index is -1.06. The molecule has 1 amide bonds. The zero-order valence-electron chi connectivity index (χ0n) is 9.50. The number of rotatable bonds is 5. The van der Waals surface area contributed by atoms with Gasteiger partial charge < -0.3 is 19.4 Å². The predicted molar refractivity (Wildman–Crippen MR) is 61.9 cm³/mol. The lowest BCUT2D eigenvalue weighted by atomic mass is 10.4. The third kappa shape index (κ3) is 2.79. The van der Waals surface area contributed by atoms with Crippen LogP contribution in [0.15, 0.2) is 41.1 Å². The molecule has 0 atom stereocenters. The van der Waals surface area contributed by atoms with E-state index in [0.717, 1.165) is 0 Å². The van der Waals surface area contributed by atoms with Gasteiger partial charge in [0, 0.05) is 6.20 Å². The molecule has 6 nitrogen and oxygen atoms in total. The fraction of sp³-hybridized carbons (Fsp3) is 0.167. The van der Waals surface area contributed by atoms with Crippen molar-refractivity contribution in [3.63, 3.8) is 0 Å². The van der Waals surface area contributed by atoms with E-state index < -0.39 is 5.97 Å². The van der Waals surface area contributed by atoms with Gasteiger partial charge in [-0.3, -0.25) is 4.79 Å². The highest BCUT2D eigenvalue weighted by Gasteiger charge is 2.11. The van der Waals surface area contributed by atoms with Crippen molar-refractivity contribution in [3.8, 4) is 0 Å². The molecule has 0 aliphatic heterocycles. The molecular weight excluding hydrogens is 236 g/mol. The smallest absolute Gasteiger partial charge is 0.352 e. The SMILES string of the molecule is O=C(Cn1cccc1C(=O)O)NCc1ccco1. The fourth-order valence-corrected chi connectivity index (χ4v) is 1.56. The van der Waals surface area contributed by atoms with E-state index in [2.05, 4.69) is 5.32 Å². The third-order valence-corrected chi connectivity index (χ3v) is 2.40. The first kappa shape index (κ1) is 12.0. The van der Waals surface area contributed by atoms with Crippen LogP contribution in [0.3, 0.4) is 0 Å². The van der Waals surface area contributed by atoms with Crippen molar-refractivity contribution < 1.29 is 19.1 Å². The second-order valence-electron chi connectivity index (χ2n) is 3.68. The maximum Gasteiger partial charge on any atom is 0.352 e. The van der Waals surface area contributed by atoms with Crippen molar-refractivity contribution in [1.82, 2.24) is 9.88 Å². The number of hydrogen-bond donors (Lipinski definition) is 2. The van der Waals surface area contributed by atoms with Crippen LogP contribution in [0.4, 0.5) is 0 Å². The van der Waals surface area contributed by atoms with E-state index in [4.69, 9.17) is 9.52 Å². The summed E-state index contributed by atoms with van der Waals surface area (Å²) in [6, 6.07) is 6.51. The van der Waals surface area contributed by atoms with Crippen LogP contribution in [-0.4, -0.2) is 21.6 Å². The van der Waals surface area contributed by atoms with Gasteiger partial charge in [0.1, 0.15) is 18.0 Å². The van der Waals surface area contributed by atoms with Gasteiger partial charge in [-0.2, -0.15) is 0 Å². The first-order valence-corrected chi connectivity index (χ1v) is 5.34. The Kier molecular flexibility index (Phi) is 3.47. The van der Waals surface area contributed by atoms with Crippen LogP contribution in [0, 0.1) is 0 Å². The number of carboxylic acids is 1. The standard InChI is InChI=1S/C12H12N2O4/c15-11(13-7-9-3-2-6-18-9)8-14-5-1-4-10(14)12(16)17/h1-6H,7-8H2,(H,13,15)(H,16,17). The molecule has 0 radical (unpaired) electrons. The van der Waals surface area contributed by atoms with Gasteiger partial charge in [-0.15, -0.1) is 0 Å². The van der Waals surface area contributed by atoms with Crippen LogP contribution >= 0.6 is 0 Å². The molecule has 2 aromatic heterocycles. The van der Waals surface area contributed by atoms with Crippen LogP contribution in [-0.2, 0) is 17.9 Å². The quantitative estimate of drug-likeness (QED) is 0.829. The first-order valence-electron chi connectivity index (χ1n) is 5.34. The second kappa shape index (κ2) is 5.22. The molecule has 0 unspecified atom stereocenters. The summed E-state index contributed by atoms with van der Waals surface area (Å²) in [4.78, 5) is 22.5. The van der Waals surface area contributed by atoms with Crippen LogP contribution in [0.25, 0.3) is 0 Å². The number of carbonyl (C=O) groups is 2. The maximum atomic E-state index is 11.6. The van der Waals surface area contributed by atoms with Crippen LogP contribution in [0.1, 0.15) is 16.2 Å². The van der Waals surface area contributed by atoms with Gasteiger partial charge in [-0.25, -0.2) is 4.79 Å². The van der Waals surface area contributed by atoms with E-state index >= 15 is 0 Å². The average Bonchev–Trinajstić information content (AvgIpc) is 2.96. The lowest BCUT2D eigenvalue weighted by Gasteiger charge is -2.06. The maximum absolute atomic E-state index is 11.6. The van der Waals surface area contributed by atoms with Crippen LogP contribution in [0.2, 0.25) is 0 Å². The Morgan fingerprint density at radius 3 is 2.83 bits per heavy atom. The molecule has 0 fully saturated rings. The van der Waals surface area contributed by atoms with Crippen molar-refractivity contribution in [3.05, 3.63) is 48.2 Å². The summed E-state index contributed by atoms with van der Waals surface area (Å²) in [6.07, 6.45) is 3.08. The highest BCUT2D eigenvalue weighted by Crippen LogP contribution is 2.02. The zero-order chi connectivity index (χ0) is 13.0. The largest absolute Gasteiger partial charge is 0.477 e. The van der Waals surface area contributed by atoms with Crippen molar-refractivity contribution in [1.29, 1.82) is 0 Å². The van der Waals surface area contributed by atoms with Gasteiger partial charge in [-0.05, 0) is 24.3 Å². The summed E-state index contributed by atoms with van der Waals surface area (Å²) in [5.74, 6) is -0.682. The number of hydrogen-bond acceptors (Lipinski definition) is 3. The lowest BCUT2D eigenvalue weighted by molar-refractivity contribution is -0.121. The van der Waals surface area contributed by atoms with E-state index in [1.54, 1.807) is 24.4 Å². The number of furan rings is 1. The van der Waals surface area contributed by atoms with Crippen LogP contribution in [0.5, 0.6) is 0 Å². The Morgan fingerprint density at radius 1 is 1.33 bits per heavy atom. The normalized spacial score (nSPS) is 10.2. The van der Waals surface area contributed by atoms with E-state index in [1.807, 2.05) is 0 Å². The molecule has 2 N–H and O–H groups in total. The number of aromatic nitrogens is 1. The van der Waals surface area contributed by atoms with Crippen molar-refractivity contribution in [2.75, 3.05) is 0 Å². The Morgan fingerprint density at radius 2 is 2.17 bits per heavy atom. The summed E-state index contributed by atoms with van der Waals surface area (Å²) in [5.41, 5.74) is 0.0862. The monoisotopic (exact) mass is 248 g/mol. The summed E-state index contributed by atoms with van der Waals surface area (Å²) < 4.78 is 6.44. The Hall–Kier alpha value is -2.50. The minimum Gasteiger partial charge on any atom is -0.477 e. The van der Waals surface area contributed by atoms with Gasteiger partial charge in [0.15, 0.2) is 0 Å². The summed E-state index contributed by atoms with van der Waals surface area (Å²) in [6.45, 7) is 0.255. The number of carboxylic acid groups (broad SMARTS) is 1. The molecule has 94 valence electrons. The first-order chi connectivity index (χ1) is 8.66. The minimum absolute atomic E-state index is 0.0324. The van der Waals surface area contributed by atoms with Gasteiger partial charge in [0.2, 0.25) is 5.91 Å². The molecule has 0 saturated carbocycles. The number of carbonyl (C=O) groups excluding carboxylic acids is 1. The highest BCUT2D eigenvalue weighted by atomic mass is 16.4. The molecule has 2 rings (SSSR count). The number of nitrogens with one attached hydrogen (secondary N) is 1. The molecule has 0 aliphatic carbocycles. The van der Waals surface area contributed by atoms with Gasteiger partial charge in [0.25, 0.3) is 0 Å². The average molecular weight is 248 g/mol. The Labute approximate surface area is 103 Å². The van der Waals surface area contributed by atoms with Gasteiger partial charge >= 0.3 is 5.97 Å².